The van der Waals surface area contributed by atoms with Crippen LogP contribution in [0.15, 0.2) is 23.1 Å². The first-order chi connectivity index (χ1) is 11.0. The number of piperidine rings is 1. The van der Waals surface area contributed by atoms with Crippen molar-refractivity contribution < 1.29 is 22.7 Å². The van der Waals surface area contributed by atoms with E-state index in [9.17, 15) is 13.2 Å². The van der Waals surface area contributed by atoms with Crippen molar-refractivity contribution in [3.8, 4) is 5.75 Å². The Balaban J connectivity index is 0.00000288. The van der Waals surface area contributed by atoms with E-state index in [0.29, 0.717) is 6.54 Å². The predicted octanol–water partition coefficient (Wildman–Crippen LogP) is 1.18. The lowest BCUT2D eigenvalue weighted by Crippen LogP contribution is -2.38. The second kappa shape index (κ2) is 9.22. The van der Waals surface area contributed by atoms with Gasteiger partial charge in [0.15, 0.2) is 0 Å². The summed E-state index contributed by atoms with van der Waals surface area (Å²) in [6.45, 7) is 2.18. The fourth-order valence-electron chi connectivity index (χ4n) is 2.53. The Morgan fingerprint density at radius 3 is 2.71 bits per heavy atom. The molecule has 24 heavy (non-hydrogen) atoms. The Morgan fingerprint density at radius 1 is 1.38 bits per heavy atom. The summed E-state index contributed by atoms with van der Waals surface area (Å²) in [5.74, 6) is -0.124. The van der Waals surface area contributed by atoms with E-state index in [0.717, 1.165) is 25.9 Å². The zero-order chi connectivity index (χ0) is 16.9. The molecule has 1 fully saturated rings. The average molecular weight is 379 g/mol. The highest BCUT2D eigenvalue weighted by atomic mass is 35.5. The molecule has 136 valence electrons. The molecule has 0 aliphatic carbocycles. The topological polar surface area (TPSA) is 93.7 Å². The number of hydrogen-bond acceptors (Lipinski definition) is 6. The lowest BCUT2D eigenvalue weighted by molar-refractivity contribution is 0.0597. The van der Waals surface area contributed by atoms with Crippen LogP contribution in [0.25, 0.3) is 0 Å². The number of rotatable bonds is 6. The van der Waals surface area contributed by atoms with Crippen molar-refractivity contribution in [2.24, 2.45) is 5.92 Å². The summed E-state index contributed by atoms with van der Waals surface area (Å²) in [4.78, 5) is 11.7. The Hall–Kier alpha value is -1.35. The molecule has 7 nitrogen and oxygen atoms in total. The lowest BCUT2D eigenvalue weighted by atomic mass is 10.0. The molecule has 1 saturated heterocycles. The summed E-state index contributed by atoms with van der Waals surface area (Å²) >= 11 is 0. The molecule has 1 aromatic carbocycles. The molecule has 1 aromatic rings. The van der Waals surface area contributed by atoms with Crippen molar-refractivity contribution in [3.63, 3.8) is 0 Å². The van der Waals surface area contributed by atoms with Crippen LogP contribution < -0.4 is 14.8 Å². The zero-order valence-corrected chi connectivity index (χ0v) is 15.3. The summed E-state index contributed by atoms with van der Waals surface area (Å²) in [6.07, 6.45) is 2.05. The third-order valence-electron chi connectivity index (χ3n) is 3.85. The molecule has 1 aliphatic heterocycles. The van der Waals surface area contributed by atoms with E-state index in [4.69, 9.17) is 4.74 Å². The van der Waals surface area contributed by atoms with Gasteiger partial charge in [0.05, 0.1) is 19.1 Å². The molecular formula is C15H23ClN2O5S. The highest BCUT2D eigenvalue weighted by Gasteiger charge is 2.21. The van der Waals surface area contributed by atoms with Gasteiger partial charge in [-0.2, -0.15) is 0 Å². The minimum absolute atomic E-state index is 0. The van der Waals surface area contributed by atoms with Crippen molar-refractivity contribution in [2.75, 3.05) is 33.9 Å². The molecule has 1 atom stereocenters. The molecule has 0 radical (unpaired) electrons. The zero-order valence-electron chi connectivity index (χ0n) is 13.7. The number of halogens is 1. The first-order valence-corrected chi connectivity index (χ1v) is 8.93. The standard InChI is InChI=1S/C15H22N2O5S.ClH/c1-21-14-8-12(5-6-13(14)15(18)22-2)23(19,20)17-10-11-4-3-7-16-9-11;/h5-6,8,11,16-17H,3-4,7,9-10H2,1-2H3;1H. The van der Waals surface area contributed by atoms with Crippen molar-refractivity contribution >= 4 is 28.4 Å². The van der Waals surface area contributed by atoms with Gasteiger partial charge in [-0.25, -0.2) is 17.9 Å². The molecule has 9 heteroatoms. The van der Waals surface area contributed by atoms with Crippen LogP contribution in [0.2, 0.25) is 0 Å². The SMILES string of the molecule is COC(=O)c1ccc(S(=O)(=O)NCC2CCCNC2)cc1OC.Cl. The van der Waals surface area contributed by atoms with Gasteiger partial charge in [-0.05, 0) is 44.0 Å². The van der Waals surface area contributed by atoms with Gasteiger partial charge in [0.25, 0.3) is 0 Å². The van der Waals surface area contributed by atoms with Gasteiger partial charge in [-0.15, -0.1) is 12.4 Å². The van der Waals surface area contributed by atoms with E-state index >= 15 is 0 Å². The van der Waals surface area contributed by atoms with Gasteiger partial charge in [0.2, 0.25) is 10.0 Å². The summed E-state index contributed by atoms with van der Waals surface area (Å²) in [6, 6.07) is 4.09. The molecule has 1 unspecified atom stereocenters. The number of carbonyl (C=O) groups is 1. The van der Waals surface area contributed by atoms with Gasteiger partial charge < -0.3 is 14.8 Å². The average Bonchev–Trinajstić information content (AvgIpc) is 2.59. The molecule has 0 spiro atoms. The number of benzene rings is 1. The first kappa shape index (κ1) is 20.7. The molecular weight excluding hydrogens is 356 g/mol. The Labute approximate surface area is 148 Å². The normalized spacial score (nSPS) is 17.7. The van der Waals surface area contributed by atoms with Crippen LogP contribution in [0.1, 0.15) is 23.2 Å². The Kier molecular flexibility index (Phi) is 7.95. The minimum atomic E-state index is -3.65. The van der Waals surface area contributed by atoms with Crippen LogP contribution >= 0.6 is 12.4 Å². The van der Waals surface area contributed by atoms with E-state index in [1.54, 1.807) is 0 Å². The van der Waals surface area contributed by atoms with Crippen LogP contribution in [-0.4, -0.2) is 48.2 Å². The molecule has 2 N–H and O–H groups in total. The lowest BCUT2D eigenvalue weighted by Gasteiger charge is -2.22. The molecule has 0 saturated carbocycles. The van der Waals surface area contributed by atoms with E-state index in [1.165, 1.54) is 32.4 Å². The molecule has 1 aliphatic rings. The molecule has 2 rings (SSSR count). The van der Waals surface area contributed by atoms with Gasteiger partial charge in [-0.3, -0.25) is 0 Å². The number of methoxy groups -OCH3 is 2. The van der Waals surface area contributed by atoms with Crippen molar-refractivity contribution in [2.45, 2.75) is 17.7 Å². The maximum Gasteiger partial charge on any atom is 0.341 e. The summed E-state index contributed by atoms with van der Waals surface area (Å²) in [5, 5.41) is 3.25. The van der Waals surface area contributed by atoms with E-state index in [2.05, 4.69) is 14.8 Å². The van der Waals surface area contributed by atoms with Crippen molar-refractivity contribution in [1.29, 1.82) is 0 Å². The maximum absolute atomic E-state index is 12.4. The van der Waals surface area contributed by atoms with E-state index < -0.39 is 16.0 Å². The number of esters is 1. The second-order valence-corrected chi connectivity index (χ2v) is 7.18. The highest BCUT2D eigenvalue weighted by molar-refractivity contribution is 7.89. The predicted molar refractivity (Wildman–Crippen MR) is 92.4 cm³/mol. The number of sulfonamides is 1. The maximum atomic E-state index is 12.4. The van der Waals surface area contributed by atoms with E-state index in [-0.39, 0.29) is 34.5 Å². The summed E-state index contributed by atoms with van der Waals surface area (Å²) in [5.41, 5.74) is 0.186. The van der Waals surface area contributed by atoms with Gasteiger partial charge in [-0.1, -0.05) is 0 Å². The number of nitrogens with one attached hydrogen (secondary N) is 2. The summed E-state index contributed by atoms with van der Waals surface area (Å²) in [7, 11) is -1.02. The van der Waals surface area contributed by atoms with Crippen LogP contribution in [0.5, 0.6) is 5.75 Å². The first-order valence-electron chi connectivity index (χ1n) is 7.44. The van der Waals surface area contributed by atoms with Crippen LogP contribution in [-0.2, 0) is 14.8 Å². The fraction of sp³-hybridized carbons (Fsp3) is 0.533. The molecule has 0 amide bonds. The van der Waals surface area contributed by atoms with Gasteiger partial charge in [0, 0.05) is 12.6 Å². The van der Waals surface area contributed by atoms with Gasteiger partial charge in [0.1, 0.15) is 11.3 Å². The largest absolute Gasteiger partial charge is 0.496 e. The van der Waals surface area contributed by atoms with Crippen LogP contribution in [0, 0.1) is 5.92 Å². The molecule has 0 aromatic heterocycles. The third kappa shape index (κ3) is 5.07. The third-order valence-corrected chi connectivity index (χ3v) is 5.27. The van der Waals surface area contributed by atoms with Gasteiger partial charge >= 0.3 is 5.97 Å². The van der Waals surface area contributed by atoms with Crippen molar-refractivity contribution in [3.05, 3.63) is 23.8 Å². The van der Waals surface area contributed by atoms with E-state index in [1.807, 2.05) is 0 Å². The number of hydrogen-bond donors (Lipinski definition) is 2. The smallest absolute Gasteiger partial charge is 0.341 e. The second-order valence-electron chi connectivity index (χ2n) is 5.42. The van der Waals surface area contributed by atoms with Crippen LogP contribution in [0.4, 0.5) is 0 Å². The van der Waals surface area contributed by atoms with Crippen molar-refractivity contribution in [1.82, 2.24) is 10.0 Å². The summed E-state index contributed by atoms with van der Waals surface area (Å²) < 4.78 is 37.1. The molecule has 0 bridgehead atoms. The highest BCUT2D eigenvalue weighted by Crippen LogP contribution is 2.23. The molecule has 1 heterocycles. The fourth-order valence-corrected chi connectivity index (χ4v) is 3.66. The monoisotopic (exact) mass is 378 g/mol. The Bertz CT molecular complexity index is 660. The minimum Gasteiger partial charge on any atom is -0.496 e. The Morgan fingerprint density at radius 2 is 2.12 bits per heavy atom. The quantitative estimate of drug-likeness (QED) is 0.722. The van der Waals surface area contributed by atoms with Crippen LogP contribution in [0.3, 0.4) is 0 Å². The number of ether oxygens (including phenoxy) is 2. The number of carbonyl (C=O) groups excluding carboxylic acids is 1.